The van der Waals surface area contributed by atoms with Crippen molar-refractivity contribution in [3.8, 4) is 0 Å². The smallest absolute Gasteiger partial charge is 0.224 e. The topological polar surface area (TPSA) is 44.4 Å². The van der Waals surface area contributed by atoms with Gasteiger partial charge in [0.05, 0.1) is 11.4 Å². The molecular weight excluding hydrogens is 298 g/mol. The standard InChI is InChI=1S/C17H26ClN3O/c1-12(13-5-4-8-19-11-13)9-17(22)20-15-10-14(18)6-7-16(15)21(2)3/h6-7,10,12-13,19H,4-5,8-9,11H2,1-3H3,(H,20,22). The van der Waals surface area contributed by atoms with E-state index < -0.39 is 0 Å². The molecule has 2 N–H and O–H groups in total. The molecule has 0 aromatic heterocycles. The summed E-state index contributed by atoms with van der Waals surface area (Å²) in [6.45, 7) is 4.29. The zero-order chi connectivity index (χ0) is 16.1. The Morgan fingerprint density at radius 2 is 2.27 bits per heavy atom. The molecule has 0 aliphatic carbocycles. The lowest BCUT2D eigenvalue weighted by Gasteiger charge is -2.28. The second-order valence-electron chi connectivity index (χ2n) is 6.39. The van der Waals surface area contributed by atoms with Crippen LogP contribution in [0.3, 0.4) is 0 Å². The molecule has 4 nitrogen and oxygen atoms in total. The zero-order valence-electron chi connectivity index (χ0n) is 13.7. The van der Waals surface area contributed by atoms with E-state index in [0.29, 0.717) is 23.3 Å². The fourth-order valence-electron chi connectivity index (χ4n) is 3.02. The van der Waals surface area contributed by atoms with Gasteiger partial charge in [-0.2, -0.15) is 0 Å². The molecule has 2 unspecified atom stereocenters. The van der Waals surface area contributed by atoms with Gasteiger partial charge < -0.3 is 15.5 Å². The van der Waals surface area contributed by atoms with Gasteiger partial charge in [0.15, 0.2) is 0 Å². The second kappa shape index (κ2) is 7.84. The summed E-state index contributed by atoms with van der Waals surface area (Å²) in [5, 5.41) is 7.06. The van der Waals surface area contributed by atoms with E-state index in [2.05, 4.69) is 17.6 Å². The van der Waals surface area contributed by atoms with Gasteiger partial charge in [0.25, 0.3) is 0 Å². The summed E-state index contributed by atoms with van der Waals surface area (Å²) < 4.78 is 0. The quantitative estimate of drug-likeness (QED) is 0.873. The fourth-order valence-corrected chi connectivity index (χ4v) is 3.20. The van der Waals surface area contributed by atoms with Crippen LogP contribution in [0.1, 0.15) is 26.2 Å². The Hall–Kier alpha value is -1.26. The predicted octanol–water partition coefficient (Wildman–Crippen LogP) is 3.37. The highest BCUT2D eigenvalue weighted by molar-refractivity contribution is 6.31. The highest BCUT2D eigenvalue weighted by Gasteiger charge is 2.22. The third kappa shape index (κ3) is 4.62. The van der Waals surface area contributed by atoms with Gasteiger partial charge in [-0.25, -0.2) is 0 Å². The lowest BCUT2D eigenvalue weighted by molar-refractivity contribution is -0.117. The Balaban J connectivity index is 1.98. The average Bonchev–Trinajstić information content (AvgIpc) is 2.47. The van der Waals surface area contributed by atoms with Crippen molar-refractivity contribution >= 4 is 28.9 Å². The Bertz CT molecular complexity index is 513. The first-order chi connectivity index (χ1) is 10.5. The largest absolute Gasteiger partial charge is 0.376 e. The summed E-state index contributed by atoms with van der Waals surface area (Å²) in [5.74, 6) is 1.03. The lowest BCUT2D eigenvalue weighted by atomic mass is 9.85. The van der Waals surface area contributed by atoms with Crippen LogP contribution in [0.2, 0.25) is 5.02 Å². The van der Waals surface area contributed by atoms with Crippen LogP contribution in [0.25, 0.3) is 0 Å². The van der Waals surface area contributed by atoms with Crippen LogP contribution in [0.5, 0.6) is 0 Å². The Morgan fingerprint density at radius 1 is 1.50 bits per heavy atom. The summed E-state index contributed by atoms with van der Waals surface area (Å²) >= 11 is 6.05. The minimum absolute atomic E-state index is 0.0587. The molecule has 0 bridgehead atoms. The molecule has 1 fully saturated rings. The number of benzene rings is 1. The van der Waals surface area contributed by atoms with Gasteiger partial charge in [-0.05, 0) is 56.0 Å². The number of anilines is 2. The molecule has 5 heteroatoms. The second-order valence-corrected chi connectivity index (χ2v) is 6.83. The highest BCUT2D eigenvalue weighted by Crippen LogP contribution is 2.29. The molecular formula is C17H26ClN3O. The summed E-state index contributed by atoms with van der Waals surface area (Å²) in [6, 6.07) is 5.57. The third-order valence-electron chi connectivity index (χ3n) is 4.36. The van der Waals surface area contributed by atoms with E-state index in [1.165, 1.54) is 12.8 Å². The maximum absolute atomic E-state index is 12.4. The van der Waals surface area contributed by atoms with Gasteiger partial charge >= 0.3 is 0 Å². The SMILES string of the molecule is CC(CC(=O)Nc1cc(Cl)ccc1N(C)C)C1CCCNC1. The van der Waals surface area contributed by atoms with Crippen molar-refractivity contribution in [2.75, 3.05) is 37.4 Å². The van der Waals surface area contributed by atoms with Crippen molar-refractivity contribution in [3.05, 3.63) is 23.2 Å². The number of carbonyl (C=O) groups is 1. The summed E-state index contributed by atoms with van der Waals surface area (Å²) in [6.07, 6.45) is 2.96. The molecule has 0 spiro atoms. The number of rotatable bonds is 5. The Morgan fingerprint density at radius 3 is 2.91 bits per heavy atom. The molecule has 1 aromatic rings. The van der Waals surface area contributed by atoms with Gasteiger partial charge in [-0.1, -0.05) is 18.5 Å². The van der Waals surface area contributed by atoms with E-state index in [-0.39, 0.29) is 5.91 Å². The number of carbonyl (C=O) groups excluding carboxylic acids is 1. The van der Waals surface area contributed by atoms with E-state index in [9.17, 15) is 4.79 Å². The van der Waals surface area contributed by atoms with Gasteiger partial charge in [-0.3, -0.25) is 4.79 Å². The van der Waals surface area contributed by atoms with Crippen LogP contribution in [0.15, 0.2) is 18.2 Å². The molecule has 1 saturated heterocycles. The van der Waals surface area contributed by atoms with E-state index in [4.69, 9.17) is 11.6 Å². The molecule has 22 heavy (non-hydrogen) atoms. The summed E-state index contributed by atoms with van der Waals surface area (Å²) in [5.41, 5.74) is 1.74. The van der Waals surface area contributed by atoms with Gasteiger partial charge in [0.2, 0.25) is 5.91 Å². The normalized spacial score (nSPS) is 19.5. The number of halogens is 1. The monoisotopic (exact) mass is 323 g/mol. The van der Waals surface area contributed by atoms with Crippen LogP contribution in [-0.4, -0.2) is 33.1 Å². The lowest BCUT2D eigenvalue weighted by Crippen LogP contribution is -2.34. The first-order valence-electron chi connectivity index (χ1n) is 7.95. The third-order valence-corrected chi connectivity index (χ3v) is 4.60. The van der Waals surface area contributed by atoms with Gasteiger partial charge in [-0.15, -0.1) is 0 Å². The number of nitrogens with one attached hydrogen (secondary N) is 2. The van der Waals surface area contributed by atoms with E-state index in [1.54, 1.807) is 0 Å². The summed E-state index contributed by atoms with van der Waals surface area (Å²) in [4.78, 5) is 14.3. The van der Waals surface area contributed by atoms with Crippen LogP contribution < -0.4 is 15.5 Å². The first kappa shape index (κ1) is 17.1. The van der Waals surface area contributed by atoms with Crippen molar-refractivity contribution in [1.29, 1.82) is 0 Å². The number of amides is 1. The predicted molar refractivity (Wildman–Crippen MR) is 93.8 cm³/mol. The Labute approximate surface area is 138 Å². The molecule has 1 aliphatic rings. The molecule has 2 atom stereocenters. The molecule has 1 aliphatic heterocycles. The molecule has 1 aromatic carbocycles. The van der Waals surface area contributed by atoms with Crippen LogP contribution in [0.4, 0.5) is 11.4 Å². The van der Waals surface area contributed by atoms with Crippen molar-refractivity contribution in [2.24, 2.45) is 11.8 Å². The Kier molecular flexibility index (Phi) is 6.09. The molecule has 2 rings (SSSR count). The number of piperidine rings is 1. The minimum atomic E-state index is 0.0587. The molecule has 122 valence electrons. The average molecular weight is 324 g/mol. The number of nitrogens with zero attached hydrogens (tertiary/aromatic N) is 1. The zero-order valence-corrected chi connectivity index (χ0v) is 14.4. The van der Waals surface area contributed by atoms with E-state index >= 15 is 0 Å². The van der Waals surface area contributed by atoms with E-state index in [0.717, 1.165) is 24.5 Å². The fraction of sp³-hybridized carbons (Fsp3) is 0.588. The maximum Gasteiger partial charge on any atom is 0.224 e. The van der Waals surface area contributed by atoms with Gasteiger partial charge in [0.1, 0.15) is 0 Å². The molecule has 1 amide bonds. The molecule has 1 heterocycles. The first-order valence-corrected chi connectivity index (χ1v) is 8.32. The van der Waals surface area contributed by atoms with Crippen molar-refractivity contribution in [2.45, 2.75) is 26.2 Å². The van der Waals surface area contributed by atoms with Crippen LogP contribution in [-0.2, 0) is 4.79 Å². The van der Waals surface area contributed by atoms with Gasteiger partial charge in [0, 0.05) is 25.5 Å². The van der Waals surface area contributed by atoms with Crippen molar-refractivity contribution < 1.29 is 4.79 Å². The molecule has 0 radical (unpaired) electrons. The van der Waals surface area contributed by atoms with Crippen molar-refractivity contribution in [1.82, 2.24) is 5.32 Å². The number of hydrogen-bond donors (Lipinski definition) is 2. The summed E-state index contributed by atoms with van der Waals surface area (Å²) in [7, 11) is 3.91. The highest BCUT2D eigenvalue weighted by atomic mass is 35.5. The van der Waals surface area contributed by atoms with Crippen LogP contribution >= 0.6 is 11.6 Å². The number of hydrogen-bond acceptors (Lipinski definition) is 3. The van der Waals surface area contributed by atoms with Crippen LogP contribution in [0, 0.1) is 11.8 Å². The van der Waals surface area contributed by atoms with Crippen molar-refractivity contribution in [3.63, 3.8) is 0 Å². The minimum Gasteiger partial charge on any atom is -0.376 e. The maximum atomic E-state index is 12.4. The van der Waals surface area contributed by atoms with E-state index in [1.807, 2.05) is 37.2 Å². The molecule has 0 saturated carbocycles.